The summed E-state index contributed by atoms with van der Waals surface area (Å²) < 4.78 is 4.91. The molecule has 0 saturated heterocycles. The minimum atomic E-state index is -0.358. The van der Waals surface area contributed by atoms with Gasteiger partial charge in [-0.05, 0) is 37.1 Å². The third kappa shape index (κ3) is 4.81. The van der Waals surface area contributed by atoms with Crippen LogP contribution in [0.4, 0.5) is 5.69 Å². The van der Waals surface area contributed by atoms with Crippen molar-refractivity contribution in [3.63, 3.8) is 0 Å². The van der Waals surface area contributed by atoms with Gasteiger partial charge in [0.25, 0.3) is 5.91 Å². The molecule has 1 aromatic carbocycles. The van der Waals surface area contributed by atoms with Crippen LogP contribution in [0.5, 0.6) is 0 Å². The SMILES string of the molecule is C/C=C(\C)c1ccc(Cl)c(NC(=O)/C(=C/OCN)NC)c1. The molecule has 4 N–H and O–H groups in total. The van der Waals surface area contributed by atoms with Gasteiger partial charge in [-0.3, -0.25) is 10.5 Å². The Morgan fingerprint density at radius 2 is 2.19 bits per heavy atom. The van der Waals surface area contributed by atoms with Crippen LogP contribution < -0.4 is 16.4 Å². The second kappa shape index (κ2) is 8.34. The first-order valence-corrected chi connectivity index (χ1v) is 6.85. The van der Waals surface area contributed by atoms with Gasteiger partial charge in [-0.25, -0.2) is 0 Å². The van der Waals surface area contributed by atoms with Crippen molar-refractivity contribution >= 4 is 28.8 Å². The van der Waals surface area contributed by atoms with E-state index in [2.05, 4.69) is 10.6 Å². The highest BCUT2D eigenvalue weighted by Gasteiger charge is 2.11. The maximum atomic E-state index is 12.1. The summed E-state index contributed by atoms with van der Waals surface area (Å²) in [5.74, 6) is -0.358. The van der Waals surface area contributed by atoms with Gasteiger partial charge < -0.3 is 15.4 Å². The predicted molar refractivity (Wildman–Crippen MR) is 86.7 cm³/mol. The zero-order chi connectivity index (χ0) is 15.8. The zero-order valence-electron chi connectivity index (χ0n) is 12.4. The average Bonchev–Trinajstić information content (AvgIpc) is 2.49. The smallest absolute Gasteiger partial charge is 0.274 e. The van der Waals surface area contributed by atoms with Crippen molar-refractivity contribution in [3.05, 3.63) is 46.8 Å². The van der Waals surface area contributed by atoms with Gasteiger partial charge in [-0.1, -0.05) is 23.7 Å². The molecule has 0 heterocycles. The molecule has 0 radical (unpaired) electrons. The van der Waals surface area contributed by atoms with Crippen LogP contribution in [-0.4, -0.2) is 19.7 Å². The van der Waals surface area contributed by atoms with Crippen molar-refractivity contribution in [2.45, 2.75) is 13.8 Å². The Morgan fingerprint density at radius 3 is 2.76 bits per heavy atom. The molecule has 6 heteroatoms. The molecule has 0 spiro atoms. The fraction of sp³-hybridized carbons (Fsp3) is 0.267. The highest BCUT2D eigenvalue weighted by Crippen LogP contribution is 2.26. The quantitative estimate of drug-likeness (QED) is 0.429. The number of allylic oxidation sites excluding steroid dienone is 2. The van der Waals surface area contributed by atoms with Crippen LogP contribution in [0.1, 0.15) is 19.4 Å². The molecular formula is C15H20ClN3O2. The van der Waals surface area contributed by atoms with Crippen molar-refractivity contribution in [2.24, 2.45) is 5.73 Å². The topological polar surface area (TPSA) is 76.4 Å². The van der Waals surface area contributed by atoms with E-state index in [4.69, 9.17) is 22.1 Å². The van der Waals surface area contributed by atoms with E-state index in [1.165, 1.54) is 6.26 Å². The summed E-state index contributed by atoms with van der Waals surface area (Å²) in [5.41, 5.74) is 8.10. The molecule has 0 aliphatic carbocycles. The first-order chi connectivity index (χ1) is 10.0. The molecule has 114 valence electrons. The summed E-state index contributed by atoms with van der Waals surface area (Å²) in [6.07, 6.45) is 3.26. The summed E-state index contributed by atoms with van der Waals surface area (Å²) >= 11 is 6.12. The van der Waals surface area contributed by atoms with Gasteiger partial charge in [0.05, 0.1) is 10.7 Å². The highest BCUT2D eigenvalue weighted by atomic mass is 35.5. The van der Waals surface area contributed by atoms with Crippen molar-refractivity contribution in [2.75, 3.05) is 19.1 Å². The first-order valence-electron chi connectivity index (χ1n) is 6.47. The summed E-state index contributed by atoms with van der Waals surface area (Å²) in [7, 11) is 1.62. The summed E-state index contributed by atoms with van der Waals surface area (Å²) in [4.78, 5) is 12.1. The molecule has 0 aliphatic heterocycles. The second-order valence-electron chi connectivity index (χ2n) is 4.24. The Hall–Kier alpha value is -1.98. The number of nitrogens with one attached hydrogen (secondary N) is 2. The zero-order valence-corrected chi connectivity index (χ0v) is 13.1. The number of benzene rings is 1. The van der Waals surface area contributed by atoms with Crippen molar-refractivity contribution in [3.8, 4) is 0 Å². The number of rotatable bonds is 6. The van der Waals surface area contributed by atoms with Crippen LogP contribution in [0.3, 0.4) is 0 Å². The van der Waals surface area contributed by atoms with Gasteiger partial charge >= 0.3 is 0 Å². The molecule has 0 aliphatic rings. The predicted octanol–water partition coefficient (Wildman–Crippen LogP) is 2.70. The van der Waals surface area contributed by atoms with Gasteiger partial charge in [0.15, 0.2) is 0 Å². The third-order valence-electron chi connectivity index (χ3n) is 2.91. The van der Waals surface area contributed by atoms with Gasteiger partial charge in [-0.2, -0.15) is 0 Å². The monoisotopic (exact) mass is 309 g/mol. The minimum absolute atomic E-state index is 0.00477. The number of anilines is 1. The molecule has 0 saturated carbocycles. The molecule has 21 heavy (non-hydrogen) atoms. The van der Waals surface area contributed by atoms with Gasteiger partial charge in [0, 0.05) is 7.05 Å². The molecule has 0 fully saturated rings. The maximum Gasteiger partial charge on any atom is 0.274 e. The summed E-state index contributed by atoms with van der Waals surface area (Å²) in [6.45, 7) is 3.94. The van der Waals surface area contributed by atoms with Gasteiger partial charge in [0.1, 0.15) is 18.7 Å². The maximum absolute atomic E-state index is 12.1. The van der Waals surface area contributed by atoms with Crippen LogP contribution in [0.2, 0.25) is 5.02 Å². The Labute approximate surface area is 129 Å². The third-order valence-corrected chi connectivity index (χ3v) is 3.24. The van der Waals surface area contributed by atoms with Crippen LogP contribution >= 0.6 is 11.6 Å². The van der Waals surface area contributed by atoms with E-state index >= 15 is 0 Å². The van der Waals surface area contributed by atoms with Crippen LogP contribution in [0.25, 0.3) is 5.57 Å². The van der Waals surface area contributed by atoms with E-state index < -0.39 is 0 Å². The Kier molecular flexibility index (Phi) is 6.78. The number of carbonyl (C=O) groups excluding carboxylic acids is 1. The molecule has 0 aromatic heterocycles. The molecule has 1 aromatic rings. The van der Waals surface area contributed by atoms with Crippen molar-refractivity contribution in [1.82, 2.24) is 5.32 Å². The number of halogens is 1. The summed E-state index contributed by atoms with van der Waals surface area (Å²) in [6, 6.07) is 5.48. The van der Waals surface area contributed by atoms with Gasteiger partial charge in [-0.15, -0.1) is 0 Å². The van der Waals surface area contributed by atoms with Crippen molar-refractivity contribution < 1.29 is 9.53 Å². The number of hydrogen-bond donors (Lipinski definition) is 3. The Morgan fingerprint density at radius 1 is 1.48 bits per heavy atom. The van der Waals surface area contributed by atoms with E-state index in [0.29, 0.717) is 10.7 Å². The number of nitrogens with two attached hydrogens (primary N) is 1. The summed E-state index contributed by atoms with van der Waals surface area (Å²) in [5, 5.41) is 5.94. The lowest BCUT2D eigenvalue weighted by Crippen LogP contribution is -2.24. The highest BCUT2D eigenvalue weighted by molar-refractivity contribution is 6.34. The number of amides is 1. The van der Waals surface area contributed by atoms with E-state index in [9.17, 15) is 4.79 Å². The van der Waals surface area contributed by atoms with E-state index in [0.717, 1.165) is 11.1 Å². The number of carbonyl (C=O) groups is 1. The molecular weight excluding hydrogens is 290 g/mol. The molecule has 0 bridgehead atoms. The van der Waals surface area contributed by atoms with E-state index in [1.807, 2.05) is 32.1 Å². The fourth-order valence-electron chi connectivity index (χ4n) is 1.58. The molecule has 1 amide bonds. The first kappa shape index (κ1) is 17.1. The van der Waals surface area contributed by atoms with Crippen LogP contribution in [0.15, 0.2) is 36.2 Å². The number of hydrogen-bond acceptors (Lipinski definition) is 4. The molecule has 0 unspecified atom stereocenters. The van der Waals surface area contributed by atoms with Crippen LogP contribution in [-0.2, 0) is 9.53 Å². The van der Waals surface area contributed by atoms with Crippen molar-refractivity contribution in [1.29, 1.82) is 0 Å². The Bertz CT molecular complexity index is 568. The largest absolute Gasteiger partial charge is 0.484 e. The fourth-order valence-corrected chi connectivity index (χ4v) is 1.74. The Balaban J connectivity index is 2.98. The lowest BCUT2D eigenvalue weighted by molar-refractivity contribution is -0.113. The molecule has 5 nitrogen and oxygen atoms in total. The lowest BCUT2D eigenvalue weighted by Gasteiger charge is -2.11. The normalized spacial score (nSPS) is 12.0. The minimum Gasteiger partial charge on any atom is -0.484 e. The van der Waals surface area contributed by atoms with E-state index in [-0.39, 0.29) is 18.3 Å². The lowest BCUT2D eigenvalue weighted by atomic mass is 10.1. The standard InChI is InChI=1S/C15H20ClN3O2/c1-4-10(2)11-5-6-12(16)13(7-11)19-15(20)14(18-3)8-21-9-17/h4-8,18H,9,17H2,1-3H3,(H,19,20)/b10-4+,14-8-. The average molecular weight is 310 g/mol. The molecule has 0 atom stereocenters. The van der Waals surface area contributed by atoms with Crippen LogP contribution in [0, 0.1) is 0 Å². The van der Waals surface area contributed by atoms with Gasteiger partial charge in [0.2, 0.25) is 0 Å². The number of likely N-dealkylation sites (N-methyl/N-ethyl adjacent to an activating group) is 1. The molecule has 1 rings (SSSR count). The van der Waals surface area contributed by atoms with E-state index in [1.54, 1.807) is 13.1 Å². The number of ether oxygens (including phenoxy) is 1. The second-order valence-corrected chi connectivity index (χ2v) is 4.64.